The monoisotopic (exact) mass is 275 g/mol. The van der Waals surface area contributed by atoms with Crippen LogP contribution in [0.1, 0.15) is 37.7 Å². The summed E-state index contributed by atoms with van der Waals surface area (Å²) in [5.41, 5.74) is 7.90. The highest BCUT2D eigenvalue weighted by atomic mass is 32.1. The van der Waals surface area contributed by atoms with Crippen LogP contribution in [0, 0.1) is 0 Å². The zero-order chi connectivity index (χ0) is 13.5. The number of benzene rings is 1. The highest BCUT2D eigenvalue weighted by Gasteiger charge is 2.13. The standard InChI is InChI=1S/C15H21N3S/c1-12(13-8-4-2-5-9-13)17-18-15(19)16-14-10-6-3-7-11-14/h2,4-5,8-9,14,17H,1,3,6-7,10-11H2,(H2,16,18,19). The van der Waals surface area contributed by atoms with Crippen molar-refractivity contribution in [2.45, 2.75) is 38.1 Å². The van der Waals surface area contributed by atoms with E-state index >= 15 is 0 Å². The van der Waals surface area contributed by atoms with Gasteiger partial charge in [-0.05, 0) is 30.6 Å². The summed E-state index contributed by atoms with van der Waals surface area (Å²) in [5.74, 6) is 0. The molecule has 1 aromatic rings. The van der Waals surface area contributed by atoms with Gasteiger partial charge in [-0.15, -0.1) is 0 Å². The van der Waals surface area contributed by atoms with Crippen molar-refractivity contribution in [3.63, 3.8) is 0 Å². The molecule has 0 radical (unpaired) electrons. The molecule has 0 spiro atoms. The highest BCUT2D eigenvalue weighted by Crippen LogP contribution is 2.17. The number of hydrogen-bond donors (Lipinski definition) is 3. The Morgan fingerprint density at radius 1 is 1.05 bits per heavy atom. The van der Waals surface area contributed by atoms with Crippen LogP contribution in [0.3, 0.4) is 0 Å². The molecule has 1 aromatic carbocycles. The van der Waals surface area contributed by atoms with E-state index in [1.54, 1.807) is 0 Å². The molecule has 1 aliphatic carbocycles. The molecule has 3 nitrogen and oxygen atoms in total. The molecule has 2 rings (SSSR count). The summed E-state index contributed by atoms with van der Waals surface area (Å²) in [6, 6.07) is 10.5. The maximum atomic E-state index is 5.28. The van der Waals surface area contributed by atoms with Crippen molar-refractivity contribution in [2.24, 2.45) is 0 Å². The molecule has 0 atom stereocenters. The third-order valence-electron chi connectivity index (χ3n) is 3.39. The third kappa shape index (κ3) is 4.56. The first-order valence-electron chi connectivity index (χ1n) is 6.82. The molecule has 1 fully saturated rings. The summed E-state index contributed by atoms with van der Waals surface area (Å²) in [5, 5.41) is 3.98. The molecule has 0 bridgehead atoms. The summed E-state index contributed by atoms with van der Waals surface area (Å²) in [4.78, 5) is 0. The Bertz CT molecular complexity index is 424. The second kappa shape index (κ2) is 7.14. The van der Waals surface area contributed by atoms with Crippen LogP contribution in [-0.4, -0.2) is 11.2 Å². The minimum Gasteiger partial charge on any atom is -0.359 e. The van der Waals surface area contributed by atoms with E-state index in [9.17, 15) is 0 Å². The van der Waals surface area contributed by atoms with Crippen molar-refractivity contribution >= 4 is 23.0 Å². The van der Waals surface area contributed by atoms with Gasteiger partial charge >= 0.3 is 0 Å². The minimum atomic E-state index is 0.514. The van der Waals surface area contributed by atoms with Crippen LogP contribution in [0.2, 0.25) is 0 Å². The van der Waals surface area contributed by atoms with Crippen LogP contribution in [0.15, 0.2) is 36.9 Å². The van der Waals surface area contributed by atoms with Gasteiger partial charge in [0.05, 0.1) is 5.70 Å². The lowest BCUT2D eigenvalue weighted by Crippen LogP contribution is -2.47. The van der Waals surface area contributed by atoms with E-state index in [4.69, 9.17) is 12.2 Å². The minimum absolute atomic E-state index is 0.514. The second-order valence-corrected chi connectivity index (χ2v) is 5.31. The molecule has 0 saturated heterocycles. The number of thiocarbonyl (C=S) groups is 1. The average molecular weight is 275 g/mol. The van der Waals surface area contributed by atoms with Crippen molar-refractivity contribution in [2.75, 3.05) is 0 Å². The molecule has 3 N–H and O–H groups in total. The fourth-order valence-electron chi connectivity index (χ4n) is 2.31. The van der Waals surface area contributed by atoms with Crippen LogP contribution in [0.5, 0.6) is 0 Å². The molecule has 0 amide bonds. The Labute approximate surface area is 120 Å². The lowest BCUT2D eigenvalue weighted by atomic mass is 9.96. The van der Waals surface area contributed by atoms with Gasteiger partial charge in [0.15, 0.2) is 5.11 Å². The zero-order valence-electron chi connectivity index (χ0n) is 11.1. The van der Waals surface area contributed by atoms with E-state index in [1.807, 2.05) is 30.3 Å². The van der Waals surface area contributed by atoms with Crippen molar-refractivity contribution in [1.82, 2.24) is 16.2 Å². The van der Waals surface area contributed by atoms with Crippen LogP contribution < -0.4 is 16.2 Å². The summed E-state index contributed by atoms with van der Waals surface area (Å²) in [6.45, 7) is 3.98. The largest absolute Gasteiger partial charge is 0.359 e. The SMILES string of the molecule is C=C(NNC(=S)NC1CCCCC1)c1ccccc1. The van der Waals surface area contributed by atoms with Gasteiger partial charge in [-0.1, -0.05) is 56.2 Å². The maximum Gasteiger partial charge on any atom is 0.185 e. The van der Waals surface area contributed by atoms with Gasteiger partial charge in [-0.25, -0.2) is 0 Å². The van der Waals surface area contributed by atoms with Gasteiger partial charge in [0, 0.05) is 6.04 Å². The zero-order valence-corrected chi connectivity index (χ0v) is 11.9. The van der Waals surface area contributed by atoms with Gasteiger partial charge in [0.1, 0.15) is 0 Å². The van der Waals surface area contributed by atoms with Crippen molar-refractivity contribution in [3.8, 4) is 0 Å². The lowest BCUT2D eigenvalue weighted by Gasteiger charge is -2.24. The summed E-state index contributed by atoms with van der Waals surface area (Å²) in [7, 11) is 0. The number of nitrogens with one attached hydrogen (secondary N) is 3. The first-order valence-corrected chi connectivity index (χ1v) is 7.23. The van der Waals surface area contributed by atoms with E-state index in [2.05, 4.69) is 22.7 Å². The Morgan fingerprint density at radius 3 is 2.42 bits per heavy atom. The second-order valence-electron chi connectivity index (χ2n) is 4.90. The molecule has 0 heterocycles. The van der Waals surface area contributed by atoms with E-state index < -0.39 is 0 Å². The molecule has 0 aromatic heterocycles. The molecule has 1 saturated carbocycles. The van der Waals surface area contributed by atoms with Crippen molar-refractivity contribution < 1.29 is 0 Å². The van der Waals surface area contributed by atoms with E-state index in [0.717, 1.165) is 11.3 Å². The van der Waals surface area contributed by atoms with Gasteiger partial charge < -0.3 is 5.32 Å². The average Bonchev–Trinajstić information content (AvgIpc) is 2.47. The number of hydrogen-bond acceptors (Lipinski definition) is 2. The van der Waals surface area contributed by atoms with Crippen LogP contribution in [-0.2, 0) is 0 Å². The molecule has 1 aliphatic rings. The summed E-state index contributed by atoms with van der Waals surface area (Å²) >= 11 is 5.28. The Balaban J connectivity index is 1.72. The Morgan fingerprint density at radius 2 is 1.74 bits per heavy atom. The van der Waals surface area contributed by atoms with Gasteiger partial charge in [0.25, 0.3) is 0 Å². The Hall–Kier alpha value is -1.55. The molecule has 0 unspecified atom stereocenters. The number of rotatable bonds is 4. The van der Waals surface area contributed by atoms with Gasteiger partial charge in [-0.3, -0.25) is 10.9 Å². The molecule has 4 heteroatoms. The van der Waals surface area contributed by atoms with E-state index in [0.29, 0.717) is 11.2 Å². The fourth-order valence-corrected chi connectivity index (χ4v) is 2.53. The quantitative estimate of drug-likeness (QED) is 0.583. The van der Waals surface area contributed by atoms with Crippen molar-refractivity contribution in [3.05, 3.63) is 42.5 Å². The predicted molar refractivity (Wildman–Crippen MR) is 84.4 cm³/mol. The van der Waals surface area contributed by atoms with Gasteiger partial charge in [-0.2, -0.15) is 0 Å². The first-order chi connectivity index (χ1) is 9.25. The normalized spacial score (nSPS) is 15.6. The third-order valence-corrected chi connectivity index (χ3v) is 3.61. The summed E-state index contributed by atoms with van der Waals surface area (Å²) in [6.07, 6.45) is 6.36. The maximum absolute atomic E-state index is 5.28. The molecular formula is C15H21N3S. The Kier molecular flexibility index (Phi) is 5.21. The van der Waals surface area contributed by atoms with Crippen molar-refractivity contribution in [1.29, 1.82) is 0 Å². The van der Waals surface area contributed by atoms with Gasteiger partial charge in [0.2, 0.25) is 0 Å². The predicted octanol–water partition coefficient (Wildman–Crippen LogP) is 2.96. The molecule has 102 valence electrons. The fraction of sp³-hybridized carbons (Fsp3) is 0.400. The molecular weight excluding hydrogens is 254 g/mol. The molecule has 19 heavy (non-hydrogen) atoms. The van der Waals surface area contributed by atoms with Crippen LogP contribution >= 0.6 is 12.2 Å². The van der Waals surface area contributed by atoms with E-state index in [1.165, 1.54) is 32.1 Å². The smallest absolute Gasteiger partial charge is 0.185 e. The summed E-state index contributed by atoms with van der Waals surface area (Å²) < 4.78 is 0. The topological polar surface area (TPSA) is 36.1 Å². The highest BCUT2D eigenvalue weighted by molar-refractivity contribution is 7.80. The molecule has 0 aliphatic heterocycles. The number of hydrazine groups is 1. The lowest BCUT2D eigenvalue weighted by molar-refractivity contribution is 0.411. The first kappa shape index (κ1) is 13.9. The van der Waals surface area contributed by atoms with E-state index in [-0.39, 0.29) is 0 Å². The van der Waals surface area contributed by atoms with Crippen LogP contribution in [0.25, 0.3) is 5.70 Å². The van der Waals surface area contributed by atoms with Crippen LogP contribution in [0.4, 0.5) is 0 Å².